The van der Waals surface area contributed by atoms with Gasteiger partial charge in [0.25, 0.3) is 0 Å². The number of aromatic nitrogens is 1. The Morgan fingerprint density at radius 2 is 1.47 bits per heavy atom. The number of aliphatic hydroxyl groups excluding tert-OH is 3. The highest BCUT2D eigenvalue weighted by Crippen LogP contribution is 2.35. The molecule has 2 aromatic carbocycles. The molecule has 11 amide bonds. The van der Waals surface area contributed by atoms with Gasteiger partial charge in [0.1, 0.15) is 24.2 Å². The molecule has 0 aliphatic carbocycles. The summed E-state index contributed by atoms with van der Waals surface area (Å²) in [5.41, 5.74) is 2.53. The number of Topliss-reactive ketones (excluding diaryl/α,β-unsaturated/α-hetero) is 2. The molecule has 7 rings (SSSR count). The smallest absolute Gasteiger partial charge is 0.246 e. The summed E-state index contributed by atoms with van der Waals surface area (Å²) in [6.07, 6.45) is -3.03. The third-order valence-electron chi connectivity index (χ3n) is 17.8. The third kappa shape index (κ3) is 19.5. The molecule has 30 heteroatoms. The number of hydrogen-bond acceptors (Lipinski definition) is 18. The van der Waals surface area contributed by atoms with Crippen molar-refractivity contribution in [2.24, 2.45) is 29.6 Å². The first-order valence-corrected chi connectivity index (χ1v) is 34.2. The normalized spacial score (nSPS) is 24.6. The van der Waals surface area contributed by atoms with Crippen molar-refractivity contribution >= 4 is 117 Å². The number of likely N-dealkylation sites (tertiary alicyclic amines) is 1. The molecule has 2 fully saturated rings. The number of aliphatic hydroxyl groups is 3. The van der Waals surface area contributed by atoms with Crippen LogP contribution in [-0.2, 0) is 75.3 Å². The van der Waals surface area contributed by atoms with Crippen LogP contribution in [-0.4, -0.2) is 205 Å². The van der Waals surface area contributed by atoms with Crippen molar-refractivity contribution in [3.8, 4) is 0 Å². The molecule has 28 nitrogen and oxygen atoms in total. The lowest BCUT2D eigenvalue weighted by Gasteiger charge is -2.32. The van der Waals surface area contributed by atoms with Gasteiger partial charge in [0.15, 0.2) is 11.6 Å². The minimum Gasteiger partial charge on any atom is -0.394 e. The highest BCUT2D eigenvalue weighted by Gasteiger charge is 2.45. The first kappa shape index (κ1) is 74.2. The van der Waals surface area contributed by atoms with Crippen LogP contribution in [0, 0.1) is 29.6 Å². The summed E-state index contributed by atoms with van der Waals surface area (Å²) >= 11 is 2.56. The second kappa shape index (κ2) is 34.0. The Kier molecular flexibility index (Phi) is 26.5. The molecule has 3 aromatic rings. The summed E-state index contributed by atoms with van der Waals surface area (Å²) in [7, 11) is 0. The summed E-state index contributed by atoms with van der Waals surface area (Å²) < 4.78 is 0. The van der Waals surface area contributed by atoms with E-state index in [0.29, 0.717) is 51.3 Å². The minimum atomic E-state index is -1.63. The van der Waals surface area contributed by atoms with Crippen molar-refractivity contribution < 1.29 is 77.6 Å². The molecule has 13 N–H and O–H groups in total. The number of aromatic amines is 1. The maximum atomic E-state index is 15.1. The Bertz CT molecular complexity index is 3400. The Balaban J connectivity index is 1.13. The number of thioether (sulfide) groups is 2. The predicted octanol–water partition coefficient (Wildman–Crippen LogP) is -0.177. The molecule has 516 valence electrons. The summed E-state index contributed by atoms with van der Waals surface area (Å²) in [5, 5.41) is 57.1. The van der Waals surface area contributed by atoms with Gasteiger partial charge in [0.05, 0.1) is 60.2 Å². The van der Waals surface area contributed by atoms with Gasteiger partial charge < -0.3 is 78.0 Å². The van der Waals surface area contributed by atoms with Gasteiger partial charge in [-0.1, -0.05) is 78.0 Å². The highest BCUT2D eigenvalue weighted by molar-refractivity contribution is 7.99. The largest absolute Gasteiger partial charge is 0.394 e. The van der Waals surface area contributed by atoms with Crippen molar-refractivity contribution in [3.05, 3.63) is 71.9 Å². The lowest BCUT2D eigenvalue weighted by atomic mass is 9.85. The van der Waals surface area contributed by atoms with Crippen molar-refractivity contribution in [2.75, 3.05) is 50.1 Å². The SMILES string of the molecule is C=C1C(SC)CC(=O)N1CCC(=O)NC(C(=O)N[C@@H](C)C(=O)Nc1ccc(CNC(=O)C[C@@H]2CC(=O)[C@@H]3CSc4[nH]c5ccccc5c4C[C@@H](CC(=O)[C@H]([C@@H](C)[C@@H](O)CO)NC(=O)[C@H]4C[C@@H](O)CN4C2=O)C(=O)NCC(=O)N[C@@H]([C@@H](C)CC)C(=O)NCC(=O)N3)cc1)C(C)C. The summed E-state index contributed by atoms with van der Waals surface area (Å²) in [6, 6.07) is 5.39. The number of anilines is 1. The lowest BCUT2D eigenvalue weighted by molar-refractivity contribution is -0.145. The van der Waals surface area contributed by atoms with Gasteiger partial charge in [0, 0.05) is 98.0 Å². The quantitative estimate of drug-likeness (QED) is 0.0740. The number of nitrogens with one attached hydrogen (secondary N) is 10. The molecule has 2 unspecified atom stereocenters. The number of rotatable bonds is 19. The van der Waals surface area contributed by atoms with Crippen molar-refractivity contribution in [1.29, 1.82) is 0 Å². The van der Waals surface area contributed by atoms with Gasteiger partial charge in [-0.25, -0.2) is 0 Å². The molecule has 1 aromatic heterocycles. The number of amides is 11. The summed E-state index contributed by atoms with van der Waals surface area (Å²) in [6.45, 7) is 11.1. The Morgan fingerprint density at radius 1 is 0.789 bits per heavy atom. The summed E-state index contributed by atoms with van der Waals surface area (Å²) in [4.78, 5) is 188. The minimum absolute atomic E-state index is 0.0660. The average molecular weight is 1360 g/mol. The maximum absolute atomic E-state index is 15.1. The van der Waals surface area contributed by atoms with Crippen molar-refractivity contribution in [2.45, 2.75) is 158 Å². The van der Waals surface area contributed by atoms with E-state index in [1.165, 1.54) is 30.5 Å². The van der Waals surface area contributed by atoms with E-state index in [0.717, 1.165) is 16.7 Å². The number of carbonyl (C=O) groups is 13. The van der Waals surface area contributed by atoms with Gasteiger partial charge in [-0.15, -0.1) is 11.8 Å². The van der Waals surface area contributed by atoms with Gasteiger partial charge >= 0.3 is 0 Å². The van der Waals surface area contributed by atoms with Crippen LogP contribution in [0.5, 0.6) is 0 Å². The predicted molar refractivity (Wildman–Crippen MR) is 352 cm³/mol. The molecule has 0 saturated carbocycles. The first-order chi connectivity index (χ1) is 45.1. The molecule has 4 aliphatic rings. The zero-order valence-corrected chi connectivity index (χ0v) is 56.0. The number of para-hydroxylation sites is 1. The molecule has 4 aliphatic heterocycles. The fourth-order valence-corrected chi connectivity index (χ4v) is 13.7. The number of fused-ring (bicyclic) bond motifs is 5. The Morgan fingerprint density at radius 3 is 2.14 bits per heavy atom. The van der Waals surface area contributed by atoms with E-state index in [2.05, 4.69) is 59.4 Å². The Labute approximate surface area is 558 Å². The number of benzene rings is 2. The molecule has 2 saturated heterocycles. The second-order valence-electron chi connectivity index (χ2n) is 25.1. The van der Waals surface area contributed by atoms with Crippen LogP contribution in [0.15, 0.2) is 65.8 Å². The van der Waals surface area contributed by atoms with E-state index in [9.17, 15) is 68.1 Å². The van der Waals surface area contributed by atoms with Gasteiger partial charge in [-0.3, -0.25) is 62.3 Å². The molecular weight excluding hydrogens is 1270 g/mol. The number of H-pyrrole nitrogens is 1. The van der Waals surface area contributed by atoms with Crippen molar-refractivity contribution in [3.63, 3.8) is 0 Å². The fraction of sp³-hybridized carbons (Fsp3) is 0.554. The maximum Gasteiger partial charge on any atom is 0.246 e. The highest BCUT2D eigenvalue weighted by atomic mass is 32.2. The van der Waals surface area contributed by atoms with E-state index in [4.69, 9.17) is 0 Å². The van der Waals surface area contributed by atoms with Gasteiger partial charge in [-0.2, -0.15) is 11.8 Å². The molecule has 0 spiro atoms. The van der Waals surface area contributed by atoms with Crippen molar-refractivity contribution in [1.82, 2.24) is 57.3 Å². The van der Waals surface area contributed by atoms with Gasteiger partial charge in [0.2, 0.25) is 65.0 Å². The van der Waals surface area contributed by atoms with Crippen LogP contribution in [0.3, 0.4) is 0 Å². The number of nitrogens with zero attached hydrogens (tertiary/aromatic N) is 2. The van der Waals surface area contributed by atoms with Gasteiger partial charge in [-0.05, 0) is 60.8 Å². The lowest BCUT2D eigenvalue weighted by Crippen LogP contribution is -2.56. The molecule has 95 heavy (non-hydrogen) atoms. The standard InChI is InChI=1S/C65H88N12O16S2/c1-9-33(4)57-62(91)68-27-53(85)71-45-31-95-64-43(42-12-10-11-13-44(42)72-64)20-38(60(89)67-28-54(86)74-57)21-48(81)58(34(5)49(82)30-78)75-61(90)46-24-41(79)29-77(46)65(93)39(22-47(45)80)23-52(84)66-26-37-14-16-40(17-15-37)70-59(88)35(6)69-63(92)56(32(2)3)73-51(83)18-19-76-36(7)50(94-8)25-55(76)87/h10-17,32-35,38-39,41,45-46,49-50,56-58,72,78-79,82H,7,9,18-31H2,1-6,8H3,(H,66,84)(H,67,89)(H,68,91)(H,69,92)(H,70,88)(H,71,85)(H,73,83)(H,74,86)(H,75,90)/t33-,34-,35-,38-,39-,41+,45-,46+,49-,50?,56?,57-,58-/m0/s1. The monoisotopic (exact) mass is 1360 g/mol. The van der Waals surface area contributed by atoms with E-state index < -0.39 is 188 Å². The zero-order chi connectivity index (χ0) is 69.5. The number of carbonyl (C=O) groups excluding carboxylic acids is 13. The molecule has 13 atom stereocenters. The van der Waals surface area contributed by atoms with E-state index in [-0.39, 0.29) is 55.2 Å². The number of hydrogen-bond donors (Lipinski definition) is 13. The van der Waals surface area contributed by atoms with Crippen LogP contribution < -0.4 is 47.9 Å². The fourth-order valence-electron chi connectivity index (χ4n) is 11.9. The second-order valence-corrected chi connectivity index (χ2v) is 27.2. The zero-order valence-electron chi connectivity index (χ0n) is 54.4. The van der Waals surface area contributed by atoms with E-state index in [1.54, 1.807) is 76.2 Å². The van der Waals surface area contributed by atoms with E-state index >= 15 is 9.59 Å². The molecule has 0 radical (unpaired) electrons. The third-order valence-corrected chi connectivity index (χ3v) is 20.0. The first-order valence-electron chi connectivity index (χ1n) is 31.9. The van der Waals surface area contributed by atoms with Crippen LogP contribution in [0.2, 0.25) is 0 Å². The van der Waals surface area contributed by atoms with Crippen LogP contribution in [0.4, 0.5) is 5.69 Å². The molecule has 2 bridgehead atoms. The number of ketones is 2. The van der Waals surface area contributed by atoms with E-state index in [1.807, 2.05) is 6.26 Å². The van der Waals surface area contributed by atoms with Crippen LogP contribution in [0.25, 0.3) is 10.9 Å². The molecular formula is C65H88N12O16S2. The topological polar surface area (TPSA) is 413 Å². The van der Waals surface area contributed by atoms with Crippen LogP contribution >= 0.6 is 23.5 Å². The Hall–Kier alpha value is -8.19. The summed E-state index contributed by atoms with van der Waals surface area (Å²) in [5.74, 6) is -14.3. The average Bonchev–Trinajstić information content (AvgIpc) is 1.69. The van der Waals surface area contributed by atoms with Crippen LogP contribution in [0.1, 0.15) is 97.6 Å². The molecule has 5 heterocycles.